The largest absolute Gasteiger partial charge is 0.330 e. The fourth-order valence-electron chi connectivity index (χ4n) is 2.03. The first-order chi connectivity index (χ1) is 6.43. The van der Waals surface area contributed by atoms with Crippen LogP contribution in [-0.2, 0) is 0 Å². The smallest absolute Gasteiger partial charge is 0.0331 e. The van der Waals surface area contributed by atoms with Crippen LogP contribution in [-0.4, -0.2) is 17.6 Å². The zero-order valence-corrected chi connectivity index (χ0v) is 9.97. The lowest BCUT2D eigenvalue weighted by molar-refractivity contribution is 0.197. The Morgan fingerprint density at radius 1 is 1.07 bits per heavy atom. The van der Waals surface area contributed by atoms with Gasteiger partial charge in [-0.15, -0.1) is 0 Å². The summed E-state index contributed by atoms with van der Waals surface area (Å²) >= 11 is 0. The predicted molar refractivity (Wildman–Crippen MR) is 63.0 cm³/mol. The molecule has 2 atom stereocenters. The highest BCUT2D eigenvalue weighted by atomic mass is 14.9. The SMILES string of the molecule is CCCC(N)(CC)C(C)(N)CCCN. The number of nitrogens with two attached hydrogens (primary N) is 3. The van der Waals surface area contributed by atoms with E-state index in [2.05, 4.69) is 20.8 Å². The third kappa shape index (κ3) is 3.23. The Morgan fingerprint density at radius 2 is 1.64 bits per heavy atom. The fourth-order valence-corrected chi connectivity index (χ4v) is 2.03. The Morgan fingerprint density at radius 3 is 2.00 bits per heavy atom. The van der Waals surface area contributed by atoms with Gasteiger partial charge in [-0.1, -0.05) is 20.3 Å². The average molecular weight is 201 g/mol. The second kappa shape index (κ2) is 5.69. The quantitative estimate of drug-likeness (QED) is 0.582. The molecular weight excluding hydrogens is 174 g/mol. The van der Waals surface area contributed by atoms with Crippen LogP contribution in [0.1, 0.15) is 52.9 Å². The van der Waals surface area contributed by atoms with Gasteiger partial charge in [-0.2, -0.15) is 0 Å². The van der Waals surface area contributed by atoms with Crippen molar-refractivity contribution in [2.24, 2.45) is 17.2 Å². The summed E-state index contributed by atoms with van der Waals surface area (Å²) in [4.78, 5) is 0. The van der Waals surface area contributed by atoms with Crippen LogP contribution in [0.3, 0.4) is 0 Å². The van der Waals surface area contributed by atoms with E-state index in [4.69, 9.17) is 17.2 Å². The van der Waals surface area contributed by atoms with Gasteiger partial charge in [0.1, 0.15) is 0 Å². The second-order valence-corrected chi connectivity index (χ2v) is 4.57. The highest BCUT2D eigenvalue weighted by Crippen LogP contribution is 2.29. The molecule has 0 bridgehead atoms. The van der Waals surface area contributed by atoms with Crippen molar-refractivity contribution >= 4 is 0 Å². The summed E-state index contributed by atoms with van der Waals surface area (Å²) in [7, 11) is 0. The maximum atomic E-state index is 6.36. The first-order valence-electron chi connectivity index (χ1n) is 5.71. The zero-order chi connectivity index (χ0) is 11.2. The van der Waals surface area contributed by atoms with Gasteiger partial charge in [-0.3, -0.25) is 0 Å². The molecule has 0 aromatic heterocycles. The number of hydrogen-bond acceptors (Lipinski definition) is 3. The third-order valence-corrected chi connectivity index (χ3v) is 3.36. The fraction of sp³-hybridized carbons (Fsp3) is 1.00. The molecule has 0 radical (unpaired) electrons. The van der Waals surface area contributed by atoms with E-state index < -0.39 is 0 Å². The van der Waals surface area contributed by atoms with Crippen molar-refractivity contribution in [1.29, 1.82) is 0 Å². The van der Waals surface area contributed by atoms with Crippen molar-refractivity contribution in [2.45, 2.75) is 64.0 Å². The van der Waals surface area contributed by atoms with Crippen molar-refractivity contribution in [1.82, 2.24) is 0 Å². The molecule has 86 valence electrons. The summed E-state index contributed by atoms with van der Waals surface area (Å²) in [5.41, 5.74) is 17.6. The van der Waals surface area contributed by atoms with E-state index in [-0.39, 0.29) is 11.1 Å². The summed E-state index contributed by atoms with van der Waals surface area (Å²) < 4.78 is 0. The van der Waals surface area contributed by atoms with Gasteiger partial charge in [0.2, 0.25) is 0 Å². The van der Waals surface area contributed by atoms with Crippen LogP contribution in [0.15, 0.2) is 0 Å². The van der Waals surface area contributed by atoms with E-state index in [1.54, 1.807) is 0 Å². The average Bonchev–Trinajstić information content (AvgIpc) is 2.14. The lowest BCUT2D eigenvalue weighted by atomic mass is 9.72. The van der Waals surface area contributed by atoms with Crippen molar-refractivity contribution < 1.29 is 0 Å². The highest BCUT2D eigenvalue weighted by Gasteiger charge is 2.39. The standard InChI is InChI=1S/C11H27N3/c1-4-7-11(14,5-2)10(3,13)8-6-9-12/h4-9,12-14H2,1-3H3. The maximum Gasteiger partial charge on any atom is 0.0331 e. The summed E-state index contributed by atoms with van der Waals surface area (Å²) in [6.45, 7) is 7.01. The van der Waals surface area contributed by atoms with E-state index in [1.807, 2.05) is 0 Å². The van der Waals surface area contributed by atoms with E-state index in [0.717, 1.165) is 32.1 Å². The van der Waals surface area contributed by atoms with Gasteiger partial charge in [-0.25, -0.2) is 0 Å². The monoisotopic (exact) mass is 201 g/mol. The summed E-state index contributed by atoms with van der Waals surface area (Å²) in [5.74, 6) is 0. The topological polar surface area (TPSA) is 78.1 Å². The van der Waals surface area contributed by atoms with Gasteiger partial charge in [-0.05, 0) is 39.2 Å². The van der Waals surface area contributed by atoms with Crippen LogP contribution >= 0.6 is 0 Å². The van der Waals surface area contributed by atoms with Crippen LogP contribution in [0.4, 0.5) is 0 Å². The summed E-state index contributed by atoms with van der Waals surface area (Å²) in [5, 5.41) is 0. The Kier molecular flexibility index (Phi) is 5.64. The number of hydrogen-bond donors (Lipinski definition) is 3. The number of rotatable bonds is 7. The Bertz CT molecular complexity index is 157. The molecule has 0 saturated heterocycles. The van der Waals surface area contributed by atoms with Gasteiger partial charge in [0.15, 0.2) is 0 Å². The van der Waals surface area contributed by atoms with Gasteiger partial charge < -0.3 is 17.2 Å². The third-order valence-electron chi connectivity index (χ3n) is 3.36. The summed E-state index contributed by atoms with van der Waals surface area (Å²) in [6.07, 6.45) is 4.86. The molecule has 0 aromatic carbocycles. The van der Waals surface area contributed by atoms with Gasteiger partial charge in [0.05, 0.1) is 0 Å². The molecule has 0 spiro atoms. The van der Waals surface area contributed by atoms with Gasteiger partial charge >= 0.3 is 0 Å². The van der Waals surface area contributed by atoms with E-state index in [0.29, 0.717) is 6.54 Å². The van der Waals surface area contributed by atoms with Crippen LogP contribution in [0.2, 0.25) is 0 Å². The maximum absolute atomic E-state index is 6.36. The molecule has 0 saturated carbocycles. The molecule has 0 fully saturated rings. The molecule has 0 amide bonds. The van der Waals surface area contributed by atoms with Crippen molar-refractivity contribution in [3.8, 4) is 0 Å². The summed E-state index contributed by atoms with van der Waals surface area (Å²) in [6, 6.07) is 0. The molecule has 0 aromatic rings. The lowest BCUT2D eigenvalue weighted by Gasteiger charge is -2.43. The van der Waals surface area contributed by atoms with Gasteiger partial charge in [0.25, 0.3) is 0 Å². The molecular formula is C11H27N3. The molecule has 0 heterocycles. The molecule has 0 aliphatic heterocycles. The Balaban J connectivity index is 4.45. The van der Waals surface area contributed by atoms with Crippen molar-refractivity contribution in [3.63, 3.8) is 0 Å². The minimum atomic E-state index is -0.295. The Hall–Kier alpha value is -0.120. The van der Waals surface area contributed by atoms with Crippen LogP contribution in [0.5, 0.6) is 0 Å². The van der Waals surface area contributed by atoms with Crippen LogP contribution < -0.4 is 17.2 Å². The first kappa shape index (κ1) is 13.9. The molecule has 3 heteroatoms. The van der Waals surface area contributed by atoms with Crippen LogP contribution in [0, 0.1) is 0 Å². The van der Waals surface area contributed by atoms with Crippen molar-refractivity contribution in [3.05, 3.63) is 0 Å². The molecule has 6 N–H and O–H groups in total. The molecule has 3 nitrogen and oxygen atoms in total. The van der Waals surface area contributed by atoms with Crippen molar-refractivity contribution in [2.75, 3.05) is 6.54 Å². The Labute approximate surface area is 88.4 Å². The van der Waals surface area contributed by atoms with Crippen LogP contribution in [0.25, 0.3) is 0 Å². The molecule has 2 unspecified atom stereocenters. The minimum absolute atomic E-state index is 0.239. The van der Waals surface area contributed by atoms with E-state index in [9.17, 15) is 0 Å². The minimum Gasteiger partial charge on any atom is -0.330 e. The first-order valence-corrected chi connectivity index (χ1v) is 5.71. The predicted octanol–water partition coefficient (Wildman–Crippen LogP) is 1.35. The molecule has 0 aliphatic carbocycles. The highest BCUT2D eigenvalue weighted by molar-refractivity contribution is 5.03. The molecule has 0 rings (SSSR count). The van der Waals surface area contributed by atoms with Gasteiger partial charge in [0, 0.05) is 11.1 Å². The zero-order valence-electron chi connectivity index (χ0n) is 9.97. The molecule has 0 aliphatic rings. The second-order valence-electron chi connectivity index (χ2n) is 4.57. The van der Waals surface area contributed by atoms with E-state index >= 15 is 0 Å². The lowest BCUT2D eigenvalue weighted by Crippen LogP contribution is -2.63. The normalized spacial score (nSPS) is 20.1. The molecule has 14 heavy (non-hydrogen) atoms. The van der Waals surface area contributed by atoms with E-state index in [1.165, 1.54) is 0 Å².